The molecule has 1 atom stereocenters. The predicted molar refractivity (Wildman–Crippen MR) is 205 cm³/mol. The van der Waals surface area contributed by atoms with Crippen molar-refractivity contribution in [1.82, 2.24) is 20.1 Å². The Kier molecular flexibility index (Phi) is 11.6. The Morgan fingerprint density at radius 3 is 2.33 bits per heavy atom. The number of rotatable bonds is 12. The van der Waals surface area contributed by atoms with E-state index in [1.807, 2.05) is 30.5 Å². The molecule has 2 N–H and O–H groups in total. The number of imide groups is 2. The fourth-order valence-electron chi connectivity index (χ4n) is 7.64. The summed E-state index contributed by atoms with van der Waals surface area (Å²) >= 11 is 6.22. The van der Waals surface area contributed by atoms with E-state index in [-0.39, 0.29) is 35.8 Å². The highest BCUT2D eigenvalue weighted by atomic mass is 35.5. The van der Waals surface area contributed by atoms with Crippen molar-refractivity contribution in [2.75, 3.05) is 67.5 Å². The number of piperidine rings is 2. The molecule has 0 bridgehead atoms. The number of nitriles is 1. The number of anilines is 3. The van der Waals surface area contributed by atoms with Gasteiger partial charge in [-0.15, -0.1) is 0 Å². The molecule has 14 nitrogen and oxygen atoms in total. The highest BCUT2D eigenvalue weighted by Crippen LogP contribution is 2.31. The molecule has 2 aromatic carbocycles. The molecule has 0 spiro atoms. The number of carbonyl (C=O) groups excluding carboxylic acids is 5. The molecule has 3 fully saturated rings. The number of nitrogens with one attached hydrogen (secondary N) is 2. The van der Waals surface area contributed by atoms with Gasteiger partial charge in [-0.2, -0.15) is 5.26 Å². The Bertz CT molecular complexity index is 2000. The van der Waals surface area contributed by atoms with E-state index in [0.29, 0.717) is 28.8 Å². The van der Waals surface area contributed by atoms with Crippen LogP contribution >= 0.6 is 11.6 Å². The number of piperazine rings is 1. The van der Waals surface area contributed by atoms with E-state index in [4.69, 9.17) is 21.6 Å². The van der Waals surface area contributed by atoms with Gasteiger partial charge in [-0.1, -0.05) is 11.6 Å². The molecule has 15 heteroatoms. The molecular weight excluding hydrogens is 724 g/mol. The van der Waals surface area contributed by atoms with Crippen molar-refractivity contribution >= 4 is 58.3 Å². The van der Waals surface area contributed by atoms with Gasteiger partial charge < -0.3 is 19.9 Å². The minimum Gasteiger partial charge on any atom is -0.494 e. The number of fused-ring (bicyclic) bond motifs is 1. The molecule has 5 amide bonds. The number of amides is 5. The number of halogens is 1. The van der Waals surface area contributed by atoms with Crippen molar-refractivity contribution in [2.45, 2.75) is 51.0 Å². The minimum atomic E-state index is -0.993. The monoisotopic (exact) mass is 766 g/mol. The maximum absolute atomic E-state index is 13.1. The van der Waals surface area contributed by atoms with Crippen LogP contribution in [0.3, 0.4) is 0 Å². The van der Waals surface area contributed by atoms with E-state index in [9.17, 15) is 24.0 Å². The van der Waals surface area contributed by atoms with Crippen LogP contribution in [-0.4, -0.2) is 103 Å². The van der Waals surface area contributed by atoms with Crippen LogP contribution in [-0.2, 0) is 14.4 Å². The van der Waals surface area contributed by atoms with Crippen LogP contribution in [0.4, 0.5) is 17.2 Å². The number of unbranched alkanes of at least 4 members (excludes halogenated alkanes) is 2. The first-order valence-corrected chi connectivity index (χ1v) is 19.2. The van der Waals surface area contributed by atoms with Crippen molar-refractivity contribution in [3.05, 3.63) is 76.4 Å². The van der Waals surface area contributed by atoms with Crippen LogP contribution in [0, 0.1) is 17.2 Å². The van der Waals surface area contributed by atoms with Gasteiger partial charge in [0.25, 0.3) is 11.8 Å². The molecule has 4 aliphatic heterocycles. The molecule has 1 unspecified atom stereocenters. The van der Waals surface area contributed by atoms with E-state index in [1.165, 1.54) is 0 Å². The summed E-state index contributed by atoms with van der Waals surface area (Å²) in [7, 11) is 0. The lowest BCUT2D eigenvalue weighted by atomic mass is 9.95. The second kappa shape index (κ2) is 16.9. The summed E-state index contributed by atoms with van der Waals surface area (Å²) < 4.78 is 5.91. The molecular formula is C40H43ClN8O6. The number of carbonyl (C=O) groups is 5. The number of benzene rings is 2. The topological polar surface area (TPSA) is 168 Å². The maximum atomic E-state index is 13.1. The number of hydrogen-bond acceptors (Lipinski definition) is 11. The average Bonchev–Trinajstić information content (AvgIpc) is 3.44. The SMILES string of the molecule is N#Cc1ccc(N2CCC(C(=O)Nc3ccc(N4CCN(CCCCCOc5ccc6c(c5)C(=O)N(C5CCC(=O)NC5=O)C6=O)CC4)cn3)CC2)cc1Cl. The van der Waals surface area contributed by atoms with Gasteiger partial charge >= 0.3 is 0 Å². The number of aromatic nitrogens is 1. The van der Waals surface area contributed by atoms with Crippen LogP contribution in [0.25, 0.3) is 0 Å². The van der Waals surface area contributed by atoms with Gasteiger partial charge in [0.2, 0.25) is 17.7 Å². The molecule has 4 aliphatic rings. The standard InChI is InChI=1S/C40H43ClN8O6/c41-33-22-28(5-4-27(33)24-42)47-15-12-26(13-16-47)37(51)44-35-10-6-29(25-43-35)48-19-17-46(18-20-48)14-2-1-3-21-55-30-7-8-31-32(23-30)40(54)49(39(31)53)34-9-11-36(50)45-38(34)52/h4-8,10,22-23,25-26,34H,1-3,9,11-21H2,(H,43,44,51)(H,45,50,52). The maximum Gasteiger partial charge on any atom is 0.262 e. The van der Waals surface area contributed by atoms with Crippen LogP contribution in [0.5, 0.6) is 5.75 Å². The Balaban J connectivity index is 0.775. The Morgan fingerprint density at radius 2 is 1.62 bits per heavy atom. The highest BCUT2D eigenvalue weighted by molar-refractivity contribution is 6.32. The van der Waals surface area contributed by atoms with Crippen molar-refractivity contribution in [3.8, 4) is 11.8 Å². The molecule has 1 aromatic heterocycles. The molecule has 55 heavy (non-hydrogen) atoms. The average molecular weight is 767 g/mol. The van der Waals surface area contributed by atoms with Gasteiger partial charge in [0.15, 0.2) is 0 Å². The third-order valence-corrected chi connectivity index (χ3v) is 11.2. The summed E-state index contributed by atoms with van der Waals surface area (Å²) in [6, 6.07) is 15.2. The molecule has 0 aliphatic carbocycles. The van der Waals surface area contributed by atoms with Crippen molar-refractivity contribution in [1.29, 1.82) is 5.26 Å². The largest absolute Gasteiger partial charge is 0.494 e. The fourth-order valence-corrected chi connectivity index (χ4v) is 7.86. The second-order valence-electron chi connectivity index (χ2n) is 14.3. The first kappa shape index (κ1) is 37.8. The summed E-state index contributed by atoms with van der Waals surface area (Å²) in [5.41, 5.74) is 2.89. The molecule has 0 saturated carbocycles. The summed E-state index contributed by atoms with van der Waals surface area (Å²) in [4.78, 5) is 75.3. The normalized spacial score (nSPS) is 19.3. The third kappa shape index (κ3) is 8.58. The number of hydrogen-bond donors (Lipinski definition) is 2. The third-order valence-electron chi connectivity index (χ3n) is 10.8. The van der Waals surface area contributed by atoms with E-state index in [0.717, 1.165) is 94.2 Å². The van der Waals surface area contributed by atoms with Crippen LogP contribution in [0.2, 0.25) is 5.02 Å². The van der Waals surface area contributed by atoms with E-state index in [1.54, 1.807) is 24.3 Å². The lowest BCUT2D eigenvalue weighted by Gasteiger charge is -2.36. The summed E-state index contributed by atoms with van der Waals surface area (Å²) in [6.07, 6.45) is 6.31. The minimum absolute atomic E-state index is 0.0181. The van der Waals surface area contributed by atoms with Gasteiger partial charge in [-0.3, -0.25) is 39.1 Å². The van der Waals surface area contributed by atoms with Gasteiger partial charge in [0.05, 0.1) is 40.2 Å². The van der Waals surface area contributed by atoms with Crippen LogP contribution in [0.15, 0.2) is 54.7 Å². The van der Waals surface area contributed by atoms with Crippen LogP contribution < -0.4 is 25.2 Å². The zero-order valence-electron chi connectivity index (χ0n) is 30.5. The van der Waals surface area contributed by atoms with E-state index in [2.05, 4.69) is 36.4 Å². The fraction of sp³-hybridized carbons (Fsp3) is 0.425. The lowest BCUT2D eigenvalue weighted by Crippen LogP contribution is -2.54. The van der Waals surface area contributed by atoms with Crippen molar-refractivity contribution in [3.63, 3.8) is 0 Å². The zero-order valence-corrected chi connectivity index (χ0v) is 31.2. The van der Waals surface area contributed by atoms with Crippen molar-refractivity contribution in [2.24, 2.45) is 5.92 Å². The van der Waals surface area contributed by atoms with Gasteiger partial charge in [-0.05, 0) is 93.6 Å². The lowest BCUT2D eigenvalue weighted by molar-refractivity contribution is -0.136. The number of nitrogens with zero attached hydrogens (tertiary/aromatic N) is 6. The van der Waals surface area contributed by atoms with Gasteiger partial charge in [0, 0.05) is 57.3 Å². The summed E-state index contributed by atoms with van der Waals surface area (Å²) in [5, 5.41) is 14.8. The number of ether oxygens (including phenoxy) is 1. The van der Waals surface area contributed by atoms with Gasteiger partial charge in [-0.25, -0.2) is 4.98 Å². The highest BCUT2D eigenvalue weighted by Gasteiger charge is 2.44. The Morgan fingerprint density at radius 1 is 0.873 bits per heavy atom. The Hall–Kier alpha value is -5.52. The smallest absolute Gasteiger partial charge is 0.262 e. The molecule has 3 aromatic rings. The molecule has 286 valence electrons. The predicted octanol–water partition coefficient (Wildman–Crippen LogP) is 4.23. The van der Waals surface area contributed by atoms with E-state index >= 15 is 0 Å². The van der Waals surface area contributed by atoms with Crippen molar-refractivity contribution < 1.29 is 28.7 Å². The zero-order chi connectivity index (χ0) is 38.5. The number of pyridine rings is 1. The first-order valence-electron chi connectivity index (χ1n) is 18.9. The molecule has 7 rings (SSSR count). The molecule has 5 heterocycles. The Labute approximate surface area is 324 Å². The molecule has 3 saturated heterocycles. The first-order chi connectivity index (χ1) is 26.7. The van der Waals surface area contributed by atoms with E-state index < -0.39 is 29.7 Å². The second-order valence-corrected chi connectivity index (χ2v) is 14.7. The summed E-state index contributed by atoms with van der Waals surface area (Å²) in [5.74, 6) is -1.19. The van der Waals surface area contributed by atoms with Crippen LogP contribution in [0.1, 0.15) is 71.2 Å². The molecule has 0 radical (unpaired) electrons. The summed E-state index contributed by atoms with van der Waals surface area (Å²) in [6.45, 7) is 6.59. The van der Waals surface area contributed by atoms with Gasteiger partial charge in [0.1, 0.15) is 23.7 Å². The quantitative estimate of drug-likeness (QED) is 0.200.